The Bertz CT molecular complexity index is 493. The highest BCUT2D eigenvalue weighted by Gasteiger charge is 2.26. The van der Waals surface area contributed by atoms with Crippen LogP contribution in [0.25, 0.3) is 0 Å². The van der Waals surface area contributed by atoms with Gasteiger partial charge in [0.1, 0.15) is 11.6 Å². The van der Waals surface area contributed by atoms with Gasteiger partial charge >= 0.3 is 0 Å². The molecule has 1 amide bonds. The molecule has 0 radical (unpaired) electrons. The van der Waals surface area contributed by atoms with Gasteiger partial charge in [-0.25, -0.2) is 8.78 Å². The minimum atomic E-state index is -0.657. The van der Waals surface area contributed by atoms with Crippen molar-refractivity contribution in [2.24, 2.45) is 0 Å². The van der Waals surface area contributed by atoms with Gasteiger partial charge < -0.3 is 10.4 Å². The van der Waals surface area contributed by atoms with Crippen molar-refractivity contribution in [1.29, 1.82) is 0 Å². The van der Waals surface area contributed by atoms with Crippen LogP contribution < -0.4 is 5.32 Å². The van der Waals surface area contributed by atoms with Crippen molar-refractivity contribution >= 4 is 11.6 Å². The van der Waals surface area contributed by atoms with Crippen LogP contribution in [0.3, 0.4) is 0 Å². The summed E-state index contributed by atoms with van der Waals surface area (Å²) in [5.41, 5.74) is -0.143. The number of anilines is 1. The molecule has 0 spiro atoms. The monoisotopic (exact) mass is 298 g/mol. The van der Waals surface area contributed by atoms with Crippen LogP contribution in [0.5, 0.6) is 0 Å². The molecule has 4 nitrogen and oxygen atoms in total. The molecule has 0 bridgehead atoms. The van der Waals surface area contributed by atoms with Gasteiger partial charge in [0.05, 0.1) is 12.2 Å². The number of halogens is 2. The van der Waals surface area contributed by atoms with Crippen LogP contribution in [0.2, 0.25) is 0 Å². The average molecular weight is 298 g/mol. The molecule has 0 saturated heterocycles. The highest BCUT2D eigenvalue weighted by molar-refractivity contribution is 5.92. The Morgan fingerprint density at radius 3 is 2.76 bits per heavy atom. The maximum atomic E-state index is 13.5. The van der Waals surface area contributed by atoms with Crippen LogP contribution in [0.1, 0.15) is 25.7 Å². The highest BCUT2D eigenvalue weighted by atomic mass is 19.1. The van der Waals surface area contributed by atoms with E-state index >= 15 is 0 Å². The van der Waals surface area contributed by atoms with E-state index < -0.39 is 11.6 Å². The fourth-order valence-electron chi connectivity index (χ4n) is 2.38. The van der Waals surface area contributed by atoms with E-state index in [0.717, 1.165) is 37.5 Å². The summed E-state index contributed by atoms with van der Waals surface area (Å²) in [6, 6.07) is 3.31. The van der Waals surface area contributed by atoms with E-state index in [1.807, 2.05) is 4.90 Å². The second kappa shape index (κ2) is 7.47. The highest BCUT2D eigenvalue weighted by Crippen LogP contribution is 2.25. The summed E-state index contributed by atoms with van der Waals surface area (Å²) < 4.78 is 26.5. The molecular formula is C15H20F2N2O2. The number of carbonyl (C=O) groups is 1. The summed E-state index contributed by atoms with van der Waals surface area (Å²) in [5.74, 6) is -1.62. The molecule has 6 heteroatoms. The summed E-state index contributed by atoms with van der Waals surface area (Å²) in [4.78, 5) is 14.0. The molecule has 1 aromatic rings. The first-order chi connectivity index (χ1) is 10.1. The molecule has 116 valence electrons. The molecule has 1 aliphatic rings. The molecule has 1 aromatic carbocycles. The zero-order chi connectivity index (χ0) is 15.2. The van der Waals surface area contributed by atoms with Crippen molar-refractivity contribution in [1.82, 2.24) is 4.90 Å². The van der Waals surface area contributed by atoms with Gasteiger partial charge in [0.25, 0.3) is 0 Å². The first-order valence-electron chi connectivity index (χ1n) is 7.20. The fourth-order valence-corrected chi connectivity index (χ4v) is 2.38. The van der Waals surface area contributed by atoms with E-state index in [0.29, 0.717) is 19.0 Å². The summed E-state index contributed by atoms with van der Waals surface area (Å²) in [6.07, 6.45) is 3.80. The molecule has 0 aliphatic heterocycles. The zero-order valence-corrected chi connectivity index (χ0v) is 11.8. The smallest absolute Gasteiger partial charge is 0.238 e. The molecule has 0 aromatic heterocycles. The Kier molecular flexibility index (Phi) is 5.64. The largest absolute Gasteiger partial charge is 0.396 e. The van der Waals surface area contributed by atoms with Crippen LogP contribution in [0, 0.1) is 11.6 Å². The van der Waals surface area contributed by atoms with Crippen molar-refractivity contribution in [3.63, 3.8) is 0 Å². The lowest BCUT2D eigenvalue weighted by Gasteiger charge is -2.37. The third-order valence-electron chi connectivity index (χ3n) is 3.74. The second-order valence-electron chi connectivity index (χ2n) is 5.30. The topological polar surface area (TPSA) is 52.6 Å². The van der Waals surface area contributed by atoms with E-state index in [4.69, 9.17) is 5.11 Å². The van der Waals surface area contributed by atoms with Gasteiger partial charge in [-0.3, -0.25) is 9.69 Å². The Morgan fingerprint density at radius 1 is 1.38 bits per heavy atom. The molecule has 0 unspecified atom stereocenters. The first kappa shape index (κ1) is 15.9. The number of nitrogens with zero attached hydrogens (tertiary/aromatic N) is 1. The molecule has 1 saturated carbocycles. The number of aliphatic hydroxyl groups is 1. The SMILES string of the molecule is O=C(CN(CCCO)C1CCC1)Nc1cc(F)ccc1F. The normalized spacial score (nSPS) is 15.0. The molecule has 0 heterocycles. The van der Waals surface area contributed by atoms with Gasteiger partial charge in [-0.2, -0.15) is 0 Å². The number of hydrogen-bond donors (Lipinski definition) is 2. The van der Waals surface area contributed by atoms with E-state index in [1.165, 1.54) is 0 Å². The van der Waals surface area contributed by atoms with E-state index in [9.17, 15) is 13.6 Å². The van der Waals surface area contributed by atoms with E-state index in [2.05, 4.69) is 5.32 Å². The van der Waals surface area contributed by atoms with Crippen LogP contribution in [0.15, 0.2) is 18.2 Å². The summed E-state index contributed by atoms with van der Waals surface area (Å²) in [5, 5.41) is 11.3. The number of carbonyl (C=O) groups excluding carboxylic acids is 1. The summed E-state index contributed by atoms with van der Waals surface area (Å²) in [6.45, 7) is 0.824. The average Bonchev–Trinajstić information content (AvgIpc) is 2.38. The van der Waals surface area contributed by atoms with E-state index in [1.54, 1.807) is 0 Å². The Labute approximate surface area is 122 Å². The van der Waals surface area contributed by atoms with Crippen molar-refractivity contribution < 1.29 is 18.7 Å². The Hall–Kier alpha value is -1.53. The fraction of sp³-hybridized carbons (Fsp3) is 0.533. The van der Waals surface area contributed by atoms with E-state index in [-0.39, 0.29) is 24.7 Å². The number of aliphatic hydroxyl groups excluding tert-OH is 1. The quantitative estimate of drug-likeness (QED) is 0.811. The van der Waals surface area contributed by atoms with Crippen molar-refractivity contribution in [3.05, 3.63) is 29.8 Å². The van der Waals surface area contributed by atoms with Gasteiger partial charge in [0.2, 0.25) is 5.91 Å². The Balaban J connectivity index is 1.93. The minimum Gasteiger partial charge on any atom is -0.396 e. The standard InChI is InChI=1S/C15H20F2N2O2/c16-11-5-6-13(17)14(9-11)18-15(21)10-19(7-2-8-20)12-3-1-4-12/h5-6,9,12,20H,1-4,7-8,10H2,(H,18,21). The van der Waals surface area contributed by atoms with Gasteiger partial charge in [0, 0.05) is 25.3 Å². The van der Waals surface area contributed by atoms with Crippen molar-refractivity contribution in [2.45, 2.75) is 31.7 Å². The maximum absolute atomic E-state index is 13.5. The third kappa shape index (κ3) is 4.47. The number of nitrogens with one attached hydrogen (secondary N) is 1. The van der Waals surface area contributed by atoms with Crippen LogP contribution in [-0.2, 0) is 4.79 Å². The number of hydrogen-bond acceptors (Lipinski definition) is 3. The minimum absolute atomic E-state index is 0.0728. The maximum Gasteiger partial charge on any atom is 0.238 e. The van der Waals surface area contributed by atoms with Gasteiger partial charge in [-0.05, 0) is 31.4 Å². The zero-order valence-electron chi connectivity index (χ0n) is 11.8. The van der Waals surface area contributed by atoms with Crippen molar-refractivity contribution in [3.8, 4) is 0 Å². The van der Waals surface area contributed by atoms with Crippen LogP contribution in [-0.4, -0.2) is 41.7 Å². The van der Waals surface area contributed by atoms with Gasteiger partial charge in [0.15, 0.2) is 0 Å². The van der Waals surface area contributed by atoms with Crippen molar-refractivity contribution in [2.75, 3.05) is 25.0 Å². The predicted octanol–water partition coefficient (Wildman–Crippen LogP) is 2.14. The molecule has 1 aliphatic carbocycles. The van der Waals surface area contributed by atoms with Gasteiger partial charge in [-0.1, -0.05) is 6.42 Å². The lowest BCUT2D eigenvalue weighted by molar-refractivity contribution is -0.118. The summed E-state index contributed by atoms with van der Waals surface area (Å²) >= 11 is 0. The number of amides is 1. The molecular weight excluding hydrogens is 278 g/mol. The summed E-state index contributed by atoms with van der Waals surface area (Å²) in [7, 11) is 0. The Morgan fingerprint density at radius 2 is 2.14 bits per heavy atom. The lowest BCUT2D eigenvalue weighted by Crippen LogP contribution is -2.45. The number of rotatable bonds is 7. The number of benzene rings is 1. The molecule has 2 N–H and O–H groups in total. The third-order valence-corrected chi connectivity index (χ3v) is 3.74. The first-order valence-corrected chi connectivity index (χ1v) is 7.20. The van der Waals surface area contributed by atoms with Gasteiger partial charge in [-0.15, -0.1) is 0 Å². The predicted molar refractivity (Wildman–Crippen MR) is 75.9 cm³/mol. The van der Waals surface area contributed by atoms with Crippen LogP contribution in [0.4, 0.5) is 14.5 Å². The molecule has 2 rings (SSSR count). The molecule has 21 heavy (non-hydrogen) atoms. The van der Waals surface area contributed by atoms with Crippen LogP contribution >= 0.6 is 0 Å². The molecule has 0 atom stereocenters. The molecule has 1 fully saturated rings. The second-order valence-corrected chi connectivity index (χ2v) is 5.30. The lowest BCUT2D eigenvalue weighted by atomic mass is 9.91.